The number of para-hydroxylation sites is 1. The zero-order valence-electron chi connectivity index (χ0n) is 10.7. The van der Waals surface area contributed by atoms with Crippen LogP contribution < -0.4 is 5.32 Å². The van der Waals surface area contributed by atoms with Gasteiger partial charge in [0.2, 0.25) is 0 Å². The topological polar surface area (TPSA) is 46.9 Å². The summed E-state index contributed by atoms with van der Waals surface area (Å²) in [5.74, 6) is -0.0894. The van der Waals surface area contributed by atoms with E-state index in [9.17, 15) is 4.79 Å². The first-order valence-electron chi connectivity index (χ1n) is 6.21. The van der Waals surface area contributed by atoms with Gasteiger partial charge >= 0.3 is 0 Å². The number of nitrogens with one attached hydrogen (secondary N) is 1. The monoisotopic (exact) mass is 321 g/mol. The number of carbonyl (C=O) groups is 1. The summed E-state index contributed by atoms with van der Waals surface area (Å²) in [7, 11) is 0. The van der Waals surface area contributed by atoms with Crippen LogP contribution >= 0.6 is 15.9 Å². The quantitative estimate of drug-likeness (QED) is 0.861. The molecule has 2 aromatic rings. The third-order valence-corrected chi connectivity index (χ3v) is 3.66. The third kappa shape index (κ3) is 3.44. The average molecular weight is 322 g/mol. The van der Waals surface area contributed by atoms with Crippen LogP contribution in [0.15, 0.2) is 42.7 Å². The lowest BCUT2D eigenvalue weighted by atomic mass is 10.2. The van der Waals surface area contributed by atoms with Crippen molar-refractivity contribution >= 4 is 21.8 Å². The zero-order chi connectivity index (χ0) is 13.7. The van der Waals surface area contributed by atoms with Crippen molar-refractivity contribution in [3.8, 4) is 5.69 Å². The number of carbonyl (C=O) groups excluding carboxylic acids is 1. The molecule has 4 nitrogen and oxygen atoms in total. The fraction of sp³-hybridized carbons (Fsp3) is 0.286. The molecule has 0 spiro atoms. The molecule has 0 bridgehead atoms. The number of nitrogens with zero attached hydrogens (tertiary/aromatic N) is 2. The Balaban J connectivity index is 2.11. The molecule has 19 heavy (non-hydrogen) atoms. The highest BCUT2D eigenvalue weighted by Gasteiger charge is 2.13. The van der Waals surface area contributed by atoms with Crippen LogP contribution in [0.25, 0.3) is 5.69 Å². The van der Waals surface area contributed by atoms with Gasteiger partial charge in [0.05, 0.1) is 17.4 Å². The molecule has 0 aliphatic heterocycles. The first-order chi connectivity index (χ1) is 9.24. The highest BCUT2D eigenvalue weighted by molar-refractivity contribution is 9.09. The molecule has 0 aliphatic carbocycles. The minimum atomic E-state index is -0.0894. The molecule has 1 atom stereocenters. The van der Waals surface area contributed by atoms with Gasteiger partial charge in [0, 0.05) is 17.6 Å². The maximum absolute atomic E-state index is 12.0. The van der Waals surface area contributed by atoms with Crippen LogP contribution in [0.3, 0.4) is 0 Å². The Kier molecular flexibility index (Phi) is 4.74. The maximum Gasteiger partial charge on any atom is 0.254 e. The third-order valence-electron chi connectivity index (χ3n) is 2.88. The van der Waals surface area contributed by atoms with Crippen LogP contribution in [0.5, 0.6) is 0 Å². The number of halogens is 1. The number of amides is 1. The Bertz CT molecular complexity index is 535. The second kappa shape index (κ2) is 6.52. The van der Waals surface area contributed by atoms with Crippen LogP contribution in [-0.4, -0.2) is 27.1 Å². The fourth-order valence-electron chi connectivity index (χ4n) is 1.68. The molecule has 1 N–H and O–H groups in total. The predicted molar refractivity (Wildman–Crippen MR) is 78.9 cm³/mol. The fourth-order valence-corrected chi connectivity index (χ4v) is 2.30. The number of hydrogen-bond acceptors (Lipinski definition) is 2. The molecule has 1 amide bonds. The second-order valence-electron chi connectivity index (χ2n) is 4.24. The Morgan fingerprint density at radius 1 is 1.42 bits per heavy atom. The smallest absolute Gasteiger partial charge is 0.254 e. The Morgan fingerprint density at radius 2 is 2.16 bits per heavy atom. The van der Waals surface area contributed by atoms with E-state index in [2.05, 4.69) is 26.3 Å². The summed E-state index contributed by atoms with van der Waals surface area (Å²) < 4.78 is 1.70. The number of rotatable bonds is 5. The summed E-state index contributed by atoms with van der Waals surface area (Å²) in [6.45, 7) is 2.04. The van der Waals surface area contributed by atoms with Crippen LogP contribution in [0.4, 0.5) is 0 Å². The van der Waals surface area contributed by atoms with Crippen molar-refractivity contribution < 1.29 is 4.79 Å². The van der Waals surface area contributed by atoms with E-state index in [1.54, 1.807) is 17.1 Å². The molecule has 0 radical (unpaired) electrons. The molecule has 1 heterocycles. The van der Waals surface area contributed by atoms with Crippen molar-refractivity contribution in [2.75, 3.05) is 5.33 Å². The molecule has 5 heteroatoms. The van der Waals surface area contributed by atoms with Gasteiger partial charge in [-0.25, -0.2) is 4.68 Å². The molecule has 1 aromatic carbocycles. The molecule has 0 aliphatic rings. The standard InChI is InChI=1S/C14H16BrN3O/c1-2-12(8-15)17-14(19)11-9-16-18(10-11)13-6-4-3-5-7-13/h3-7,9-10,12H,2,8H2,1H3,(H,17,19). The summed E-state index contributed by atoms with van der Waals surface area (Å²) in [6, 6.07) is 9.86. The van der Waals surface area contributed by atoms with Crippen LogP contribution in [0.1, 0.15) is 23.7 Å². The summed E-state index contributed by atoms with van der Waals surface area (Å²) >= 11 is 3.38. The van der Waals surface area contributed by atoms with Crippen LogP contribution in [0.2, 0.25) is 0 Å². The Hall–Kier alpha value is -1.62. The largest absolute Gasteiger partial charge is 0.348 e. The van der Waals surface area contributed by atoms with E-state index in [1.807, 2.05) is 37.3 Å². The van der Waals surface area contributed by atoms with Gasteiger partial charge in [-0.15, -0.1) is 0 Å². The van der Waals surface area contributed by atoms with Gasteiger partial charge < -0.3 is 5.32 Å². The molecule has 0 saturated carbocycles. The lowest BCUT2D eigenvalue weighted by Crippen LogP contribution is -2.35. The SMILES string of the molecule is CCC(CBr)NC(=O)c1cnn(-c2ccccc2)c1. The van der Waals surface area contributed by atoms with Crippen molar-refractivity contribution in [3.63, 3.8) is 0 Å². The summed E-state index contributed by atoms with van der Waals surface area (Å²) in [5.41, 5.74) is 1.51. The normalized spacial score (nSPS) is 12.1. The van der Waals surface area contributed by atoms with E-state index in [-0.39, 0.29) is 11.9 Å². The van der Waals surface area contributed by atoms with Gasteiger partial charge in [-0.2, -0.15) is 5.10 Å². The van der Waals surface area contributed by atoms with Crippen LogP contribution in [0, 0.1) is 0 Å². The minimum Gasteiger partial charge on any atom is -0.348 e. The molecular formula is C14H16BrN3O. The van der Waals surface area contributed by atoms with Crippen molar-refractivity contribution in [1.29, 1.82) is 0 Å². The molecular weight excluding hydrogens is 306 g/mol. The van der Waals surface area contributed by atoms with Gasteiger partial charge in [0.25, 0.3) is 5.91 Å². The molecule has 0 fully saturated rings. The Labute approximate surface area is 120 Å². The van der Waals surface area contributed by atoms with E-state index < -0.39 is 0 Å². The lowest BCUT2D eigenvalue weighted by molar-refractivity contribution is 0.0940. The number of hydrogen-bond donors (Lipinski definition) is 1. The number of benzene rings is 1. The molecule has 1 aromatic heterocycles. The maximum atomic E-state index is 12.0. The van der Waals surface area contributed by atoms with E-state index in [0.29, 0.717) is 5.56 Å². The van der Waals surface area contributed by atoms with Crippen molar-refractivity contribution in [2.45, 2.75) is 19.4 Å². The predicted octanol–water partition coefficient (Wildman–Crippen LogP) is 2.78. The van der Waals surface area contributed by atoms with Gasteiger partial charge in [0.15, 0.2) is 0 Å². The highest BCUT2D eigenvalue weighted by atomic mass is 79.9. The Morgan fingerprint density at radius 3 is 2.79 bits per heavy atom. The molecule has 1 unspecified atom stereocenters. The lowest BCUT2D eigenvalue weighted by Gasteiger charge is -2.12. The van der Waals surface area contributed by atoms with Gasteiger partial charge in [-0.05, 0) is 18.6 Å². The molecule has 2 rings (SSSR count). The molecule has 100 valence electrons. The first kappa shape index (κ1) is 13.8. The van der Waals surface area contributed by atoms with Gasteiger partial charge in [0.1, 0.15) is 0 Å². The second-order valence-corrected chi connectivity index (χ2v) is 4.89. The first-order valence-corrected chi connectivity index (χ1v) is 7.33. The summed E-state index contributed by atoms with van der Waals surface area (Å²) in [6.07, 6.45) is 4.22. The van der Waals surface area contributed by atoms with Crippen molar-refractivity contribution in [2.24, 2.45) is 0 Å². The van der Waals surface area contributed by atoms with Crippen molar-refractivity contribution in [3.05, 3.63) is 48.3 Å². The zero-order valence-corrected chi connectivity index (χ0v) is 12.3. The van der Waals surface area contributed by atoms with Crippen LogP contribution in [-0.2, 0) is 0 Å². The van der Waals surface area contributed by atoms with E-state index in [4.69, 9.17) is 0 Å². The molecule has 0 saturated heterocycles. The van der Waals surface area contributed by atoms with Crippen molar-refractivity contribution in [1.82, 2.24) is 15.1 Å². The average Bonchev–Trinajstić information content (AvgIpc) is 2.95. The number of aromatic nitrogens is 2. The highest BCUT2D eigenvalue weighted by Crippen LogP contribution is 2.08. The van der Waals surface area contributed by atoms with Gasteiger partial charge in [-0.1, -0.05) is 41.1 Å². The van der Waals surface area contributed by atoms with E-state index >= 15 is 0 Å². The van der Waals surface area contributed by atoms with E-state index in [0.717, 1.165) is 17.4 Å². The van der Waals surface area contributed by atoms with Gasteiger partial charge in [-0.3, -0.25) is 4.79 Å². The minimum absolute atomic E-state index is 0.0894. The summed E-state index contributed by atoms with van der Waals surface area (Å²) in [4.78, 5) is 12.0. The van der Waals surface area contributed by atoms with E-state index in [1.165, 1.54) is 0 Å². The summed E-state index contributed by atoms with van der Waals surface area (Å²) in [5, 5.41) is 7.92. The number of alkyl halides is 1.